The van der Waals surface area contributed by atoms with E-state index in [9.17, 15) is 4.79 Å². The number of hydrogen-bond donors (Lipinski definition) is 0. The van der Waals surface area contributed by atoms with Crippen molar-refractivity contribution in [1.29, 1.82) is 0 Å². The van der Waals surface area contributed by atoms with Crippen molar-refractivity contribution in [2.45, 2.75) is 129 Å². The highest BCUT2D eigenvalue weighted by Gasteiger charge is 2.10. The van der Waals surface area contributed by atoms with Crippen LogP contribution in [-0.2, 0) is 0 Å². The predicted molar refractivity (Wildman–Crippen MR) is 141 cm³/mol. The van der Waals surface area contributed by atoms with E-state index in [1.165, 1.54) is 107 Å². The van der Waals surface area contributed by atoms with Crippen LogP contribution in [0.4, 0.5) is 0 Å². The Morgan fingerprint density at radius 1 is 0.727 bits per heavy atom. The first-order chi connectivity index (χ1) is 16.3. The fraction of sp³-hybridized carbons (Fsp3) is 0.690. The van der Waals surface area contributed by atoms with Crippen molar-refractivity contribution >= 4 is 16.9 Å². The highest BCUT2D eigenvalue weighted by molar-refractivity contribution is 5.88. The Hall–Kier alpha value is -1.97. The summed E-state index contributed by atoms with van der Waals surface area (Å²) < 4.78 is 1.45. The van der Waals surface area contributed by atoms with E-state index in [4.69, 9.17) is 0 Å². The number of nitrogens with zero attached hydrogens (tertiary/aromatic N) is 3. The normalized spacial score (nSPS) is 11.7. The van der Waals surface area contributed by atoms with Gasteiger partial charge in [0.15, 0.2) is 0 Å². The van der Waals surface area contributed by atoms with Gasteiger partial charge in [-0.3, -0.25) is 4.79 Å². The molecule has 0 fully saturated rings. The lowest BCUT2D eigenvalue weighted by atomic mass is 10.0. The minimum Gasteiger partial charge on any atom is -0.273 e. The van der Waals surface area contributed by atoms with Crippen LogP contribution in [0.1, 0.15) is 134 Å². The van der Waals surface area contributed by atoms with Crippen molar-refractivity contribution in [1.82, 2.24) is 15.0 Å². The molecule has 0 aliphatic rings. The summed E-state index contributed by atoms with van der Waals surface area (Å²) in [6.45, 7) is 2.29. The monoisotopic (exact) mass is 453 g/mol. The highest BCUT2D eigenvalue weighted by Crippen LogP contribution is 2.14. The molecule has 0 atom stereocenters. The van der Waals surface area contributed by atoms with Crippen LogP contribution in [-0.4, -0.2) is 20.9 Å². The van der Waals surface area contributed by atoms with E-state index in [2.05, 4.69) is 29.4 Å². The molecule has 0 radical (unpaired) electrons. The third kappa shape index (κ3) is 12.2. The quantitative estimate of drug-likeness (QED) is 0.148. The largest absolute Gasteiger partial charge is 0.273 e. The predicted octanol–water partition coefficient (Wildman–Crippen LogP) is 9.06. The number of allylic oxidation sites excluding steroid dienone is 2. The Morgan fingerprint density at radius 2 is 1.24 bits per heavy atom. The fourth-order valence-electron chi connectivity index (χ4n) is 4.39. The van der Waals surface area contributed by atoms with Gasteiger partial charge in [-0.15, -0.1) is 5.10 Å². The topological polar surface area (TPSA) is 47.8 Å². The molecule has 4 heteroatoms. The van der Waals surface area contributed by atoms with E-state index in [1.54, 1.807) is 0 Å². The fourth-order valence-corrected chi connectivity index (χ4v) is 4.39. The number of hydrogen-bond acceptors (Lipinski definition) is 3. The van der Waals surface area contributed by atoms with Crippen LogP contribution in [0.5, 0.6) is 0 Å². The standard InChI is InChI=1S/C29H47N3O/c1-2-3-4-5-6-7-8-9-10-11-12-13-14-15-16-17-18-19-20-21-26-29(33)32-28-25-23-22-24-27(28)30-31-32/h14-15,22-25H,2-13,16-21,26H2,1H3/b15-14+. The van der Waals surface area contributed by atoms with Gasteiger partial charge in [0.2, 0.25) is 5.91 Å². The average molecular weight is 454 g/mol. The number of benzene rings is 1. The van der Waals surface area contributed by atoms with Crippen LogP contribution < -0.4 is 0 Å². The molecule has 0 aliphatic carbocycles. The van der Waals surface area contributed by atoms with Gasteiger partial charge in [-0.1, -0.05) is 120 Å². The number of aromatic nitrogens is 3. The first-order valence-corrected chi connectivity index (χ1v) is 13.8. The lowest BCUT2D eigenvalue weighted by molar-refractivity contribution is 0.0886. The zero-order valence-corrected chi connectivity index (χ0v) is 21.1. The first-order valence-electron chi connectivity index (χ1n) is 13.8. The zero-order valence-electron chi connectivity index (χ0n) is 21.1. The molecule has 1 heterocycles. The van der Waals surface area contributed by atoms with Gasteiger partial charge in [-0.05, 0) is 44.2 Å². The second-order valence-corrected chi connectivity index (χ2v) is 9.49. The van der Waals surface area contributed by atoms with E-state index in [1.807, 2.05) is 24.3 Å². The molecule has 0 spiro atoms. The Bertz CT molecular complexity index is 780. The lowest BCUT2D eigenvalue weighted by Gasteiger charge is -2.02. The zero-order chi connectivity index (χ0) is 23.4. The molecule has 1 aromatic heterocycles. The second-order valence-electron chi connectivity index (χ2n) is 9.49. The van der Waals surface area contributed by atoms with E-state index in [0.29, 0.717) is 6.42 Å². The van der Waals surface area contributed by atoms with E-state index >= 15 is 0 Å². The Morgan fingerprint density at radius 3 is 1.85 bits per heavy atom. The van der Waals surface area contributed by atoms with Crippen LogP contribution in [0.15, 0.2) is 36.4 Å². The van der Waals surface area contributed by atoms with E-state index < -0.39 is 0 Å². The summed E-state index contributed by atoms with van der Waals surface area (Å²) >= 11 is 0. The van der Waals surface area contributed by atoms with Crippen molar-refractivity contribution in [3.63, 3.8) is 0 Å². The number of unbranched alkanes of at least 4 members (excludes halogenated alkanes) is 16. The summed E-state index contributed by atoms with van der Waals surface area (Å²) in [4.78, 5) is 12.4. The maximum Gasteiger partial charge on any atom is 0.248 e. The molecule has 33 heavy (non-hydrogen) atoms. The molecule has 0 N–H and O–H groups in total. The number of para-hydroxylation sites is 1. The van der Waals surface area contributed by atoms with Crippen LogP contribution in [0.2, 0.25) is 0 Å². The maximum absolute atomic E-state index is 12.4. The Labute approximate surface area is 202 Å². The van der Waals surface area contributed by atoms with Crippen molar-refractivity contribution in [2.75, 3.05) is 0 Å². The van der Waals surface area contributed by atoms with E-state index in [0.717, 1.165) is 23.9 Å². The molecule has 0 bridgehead atoms. The van der Waals surface area contributed by atoms with Crippen LogP contribution >= 0.6 is 0 Å². The molecule has 0 unspecified atom stereocenters. The molecule has 184 valence electrons. The minimum absolute atomic E-state index is 0.0500. The third-order valence-electron chi connectivity index (χ3n) is 6.49. The van der Waals surface area contributed by atoms with Crippen LogP contribution in [0.3, 0.4) is 0 Å². The van der Waals surface area contributed by atoms with Crippen LogP contribution in [0.25, 0.3) is 11.0 Å². The van der Waals surface area contributed by atoms with Gasteiger partial charge in [0.05, 0.1) is 5.52 Å². The highest BCUT2D eigenvalue weighted by atomic mass is 16.2. The summed E-state index contributed by atoms with van der Waals surface area (Å²) in [5, 5.41) is 8.07. The lowest BCUT2D eigenvalue weighted by Crippen LogP contribution is -2.12. The van der Waals surface area contributed by atoms with Gasteiger partial charge >= 0.3 is 0 Å². The molecular weight excluding hydrogens is 406 g/mol. The second kappa shape index (κ2) is 18.5. The maximum atomic E-state index is 12.4. The van der Waals surface area contributed by atoms with Gasteiger partial charge in [0, 0.05) is 6.42 Å². The summed E-state index contributed by atoms with van der Waals surface area (Å²) in [7, 11) is 0. The third-order valence-corrected chi connectivity index (χ3v) is 6.49. The summed E-state index contributed by atoms with van der Waals surface area (Å²) in [6.07, 6.45) is 29.1. The van der Waals surface area contributed by atoms with Gasteiger partial charge in [-0.2, -0.15) is 4.68 Å². The minimum atomic E-state index is 0.0500. The summed E-state index contributed by atoms with van der Waals surface area (Å²) in [5.74, 6) is 0.0500. The number of rotatable bonds is 20. The summed E-state index contributed by atoms with van der Waals surface area (Å²) in [5.41, 5.74) is 1.59. The smallest absolute Gasteiger partial charge is 0.248 e. The molecule has 0 amide bonds. The van der Waals surface area contributed by atoms with Gasteiger partial charge < -0.3 is 0 Å². The average Bonchev–Trinajstić information content (AvgIpc) is 3.27. The van der Waals surface area contributed by atoms with Gasteiger partial charge in [0.25, 0.3) is 0 Å². The number of carbonyl (C=O) groups is 1. The Kier molecular flexibility index (Phi) is 15.3. The SMILES string of the molecule is CCCCCCCCCCCCC/C=C/CCCCCCCC(=O)n1nnc2ccccc21. The molecule has 0 aliphatic heterocycles. The molecule has 4 nitrogen and oxygen atoms in total. The molecule has 2 aromatic rings. The van der Waals surface area contributed by atoms with Crippen molar-refractivity contribution in [3.8, 4) is 0 Å². The Balaban J connectivity index is 1.33. The van der Waals surface area contributed by atoms with Gasteiger partial charge in [0.1, 0.15) is 5.52 Å². The molecular formula is C29H47N3O. The number of fused-ring (bicyclic) bond motifs is 1. The van der Waals surface area contributed by atoms with Gasteiger partial charge in [-0.25, -0.2) is 0 Å². The molecule has 0 saturated carbocycles. The number of carbonyl (C=O) groups excluding carboxylic acids is 1. The van der Waals surface area contributed by atoms with Crippen molar-refractivity contribution < 1.29 is 4.79 Å². The molecule has 1 aromatic carbocycles. The van der Waals surface area contributed by atoms with E-state index in [-0.39, 0.29) is 5.91 Å². The van der Waals surface area contributed by atoms with Crippen molar-refractivity contribution in [2.24, 2.45) is 0 Å². The molecule has 0 saturated heterocycles. The first kappa shape index (κ1) is 27.3. The van der Waals surface area contributed by atoms with Crippen LogP contribution in [0, 0.1) is 0 Å². The van der Waals surface area contributed by atoms with Crippen molar-refractivity contribution in [3.05, 3.63) is 36.4 Å². The summed E-state index contributed by atoms with van der Waals surface area (Å²) in [6, 6.07) is 7.62. The molecule has 2 rings (SSSR count).